The second-order valence-corrected chi connectivity index (χ2v) is 5.21. The molecule has 1 saturated heterocycles. The molecule has 1 fully saturated rings. The van der Waals surface area contributed by atoms with Crippen molar-refractivity contribution in [3.05, 3.63) is 29.8 Å². The van der Waals surface area contributed by atoms with Gasteiger partial charge in [0.25, 0.3) is 0 Å². The van der Waals surface area contributed by atoms with Crippen LogP contribution in [-0.4, -0.2) is 32.4 Å². The average Bonchev–Trinajstić information content (AvgIpc) is 2.52. The highest BCUT2D eigenvalue weighted by molar-refractivity contribution is 5.36. The number of hydrogen-bond acceptors (Lipinski definition) is 4. The molecule has 0 bridgehead atoms. The quantitative estimate of drug-likeness (QED) is 0.809. The normalized spacial score (nSPS) is 20.1. The first-order valence-electron chi connectivity index (χ1n) is 7.23. The molecule has 4 nitrogen and oxygen atoms in total. The third-order valence-electron chi connectivity index (χ3n) is 3.70. The molecule has 0 amide bonds. The molecule has 1 aliphatic heterocycles. The van der Waals surface area contributed by atoms with Gasteiger partial charge < -0.3 is 14.8 Å². The summed E-state index contributed by atoms with van der Waals surface area (Å²) in [5.74, 6) is 1.35. The molecule has 2 unspecified atom stereocenters. The number of nitrogens with zero attached hydrogens (tertiary/aromatic N) is 1. The lowest BCUT2D eigenvalue weighted by Gasteiger charge is -2.28. The van der Waals surface area contributed by atoms with E-state index in [1.165, 1.54) is 6.42 Å². The van der Waals surface area contributed by atoms with E-state index in [-0.39, 0.29) is 0 Å². The number of benzene rings is 1. The van der Waals surface area contributed by atoms with Crippen molar-refractivity contribution in [1.82, 2.24) is 5.32 Å². The number of ether oxygens (including phenoxy) is 2. The van der Waals surface area contributed by atoms with Crippen molar-refractivity contribution >= 4 is 0 Å². The largest absolute Gasteiger partial charge is 0.492 e. The van der Waals surface area contributed by atoms with Crippen molar-refractivity contribution in [3.8, 4) is 11.8 Å². The highest BCUT2D eigenvalue weighted by Gasteiger charge is 2.19. The van der Waals surface area contributed by atoms with Crippen LogP contribution in [0.5, 0.6) is 5.75 Å². The van der Waals surface area contributed by atoms with E-state index in [4.69, 9.17) is 14.7 Å². The molecular weight excluding hydrogens is 252 g/mol. The summed E-state index contributed by atoms with van der Waals surface area (Å²) < 4.78 is 11.1. The second kappa shape index (κ2) is 7.88. The van der Waals surface area contributed by atoms with Gasteiger partial charge in [-0.15, -0.1) is 0 Å². The molecule has 0 aliphatic carbocycles. The maximum atomic E-state index is 8.82. The van der Waals surface area contributed by atoms with E-state index in [9.17, 15) is 0 Å². The van der Waals surface area contributed by atoms with Crippen LogP contribution in [0.2, 0.25) is 0 Å². The lowest BCUT2D eigenvalue weighted by Crippen LogP contribution is -2.39. The average molecular weight is 274 g/mol. The van der Waals surface area contributed by atoms with E-state index in [1.807, 2.05) is 12.1 Å². The van der Waals surface area contributed by atoms with Crippen LogP contribution in [0, 0.1) is 17.2 Å². The molecule has 0 saturated carbocycles. The minimum Gasteiger partial charge on any atom is -0.492 e. The number of hydrogen-bond donors (Lipinski definition) is 1. The lowest BCUT2D eigenvalue weighted by atomic mass is 9.95. The minimum absolute atomic E-state index is 0.448. The SMILES string of the molecule is CC(NCCOc1cccc(C#N)c1)C1CCCOC1. The smallest absolute Gasteiger partial charge is 0.120 e. The van der Waals surface area contributed by atoms with Crippen LogP contribution in [0.4, 0.5) is 0 Å². The lowest BCUT2D eigenvalue weighted by molar-refractivity contribution is 0.0415. The first kappa shape index (κ1) is 14.8. The summed E-state index contributed by atoms with van der Waals surface area (Å²) in [4.78, 5) is 0. The van der Waals surface area contributed by atoms with Gasteiger partial charge in [-0.3, -0.25) is 0 Å². The third kappa shape index (κ3) is 4.52. The third-order valence-corrected chi connectivity index (χ3v) is 3.70. The van der Waals surface area contributed by atoms with E-state index < -0.39 is 0 Å². The van der Waals surface area contributed by atoms with Gasteiger partial charge in [0, 0.05) is 19.2 Å². The Balaban J connectivity index is 1.66. The molecule has 20 heavy (non-hydrogen) atoms. The molecule has 1 heterocycles. The molecule has 2 rings (SSSR count). The van der Waals surface area contributed by atoms with E-state index in [0.717, 1.165) is 31.9 Å². The van der Waals surface area contributed by atoms with Crippen LogP contribution in [0.25, 0.3) is 0 Å². The minimum atomic E-state index is 0.448. The molecule has 108 valence electrons. The van der Waals surface area contributed by atoms with Gasteiger partial charge in [0.2, 0.25) is 0 Å². The Morgan fingerprint density at radius 2 is 2.45 bits per heavy atom. The van der Waals surface area contributed by atoms with Crippen LogP contribution in [0.1, 0.15) is 25.3 Å². The molecular formula is C16H22N2O2. The van der Waals surface area contributed by atoms with E-state index >= 15 is 0 Å². The van der Waals surface area contributed by atoms with Gasteiger partial charge in [0.15, 0.2) is 0 Å². The Kier molecular flexibility index (Phi) is 5.85. The van der Waals surface area contributed by atoms with Crippen LogP contribution < -0.4 is 10.1 Å². The van der Waals surface area contributed by atoms with E-state index in [1.54, 1.807) is 12.1 Å². The van der Waals surface area contributed by atoms with Crippen molar-refractivity contribution in [1.29, 1.82) is 5.26 Å². The summed E-state index contributed by atoms with van der Waals surface area (Å²) in [6.45, 7) is 5.37. The highest BCUT2D eigenvalue weighted by Crippen LogP contribution is 2.17. The standard InChI is InChI=1S/C16H22N2O2/c1-13(15-5-3-8-19-12-15)18-7-9-20-16-6-2-4-14(10-16)11-17/h2,4,6,10,13,15,18H,3,5,7-9,12H2,1H3. The van der Waals surface area contributed by atoms with Crippen LogP contribution in [-0.2, 0) is 4.74 Å². The summed E-state index contributed by atoms with van der Waals surface area (Å²) in [6.07, 6.45) is 2.40. The molecule has 2 atom stereocenters. The molecule has 1 N–H and O–H groups in total. The van der Waals surface area contributed by atoms with Gasteiger partial charge in [0.1, 0.15) is 12.4 Å². The molecule has 0 aromatic heterocycles. The predicted octanol–water partition coefficient (Wildman–Crippen LogP) is 2.34. The molecule has 1 aromatic carbocycles. The summed E-state index contributed by atoms with van der Waals surface area (Å²) in [5, 5.41) is 12.3. The van der Waals surface area contributed by atoms with Gasteiger partial charge in [0.05, 0.1) is 18.2 Å². The second-order valence-electron chi connectivity index (χ2n) is 5.21. The maximum Gasteiger partial charge on any atom is 0.120 e. The van der Waals surface area contributed by atoms with Crippen LogP contribution >= 0.6 is 0 Å². The summed E-state index contributed by atoms with van der Waals surface area (Å²) in [6, 6.07) is 9.81. The Morgan fingerprint density at radius 3 is 3.20 bits per heavy atom. The number of nitriles is 1. The zero-order valence-electron chi connectivity index (χ0n) is 12.0. The Labute approximate surface area is 120 Å². The van der Waals surface area contributed by atoms with E-state index in [2.05, 4.69) is 18.3 Å². The van der Waals surface area contributed by atoms with Gasteiger partial charge in [-0.1, -0.05) is 6.07 Å². The first-order valence-corrected chi connectivity index (χ1v) is 7.23. The topological polar surface area (TPSA) is 54.3 Å². The monoisotopic (exact) mass is 274 g/mol. The molecule has 0 radical (unpaired) electrons. The fourth-order valence-electron chi connectivity index (χ4n) is 2.44. The van der Waals surface area contributed by atoms with Gasteiger partial charge >= 0.3 is 0 Å². The zero-order chi connectivity index (χ0) is 14.2. The summed E-state index contributed by atoms with van der Waals surface area (Å²) in [5.41, 5.74) is 0.628. The Bertz CT molecular complexity index is 450. The number of nitrogens with one attached hydrogen (secondary N) is 1. The van der Waals surface area contributed by atoms with Crippen molar-refractivity contribution < 1.29 is 9.47 Å². The first-order chi connectivity index (χ1) is 9.79. The van der Waals surface area contributed by atoms with Crippen molar-refractivity contribution in [3.63, 3.8) is 0 Å². The highest BCUT2D eigenvalue weighted by atomic mass is 16.5. The van der Waals surface area contributed by atoms with Crippen molar-refractivity contribution in [2.45, 2.75) is 25.8 Å². The molecule has 4 heteroatoms. The van der Waals surface area contributed by atoms with Crippen molar-refractivity contribution in [2.24, 2.45) is 5.92 Å². The predicted molar refractivity (Wildman–Crippen MR) is 77.7 cm³/mol. The maximum absolute atomic E-state index is 8.82. The number of rotatable bonds is 6. The Hall–Kier alpha value is -1.57. The van der Waals surface area contributed by atoms with Crippen LogP contribution in [0.15, 0.2) is 24.3 Å². The molecule has 0 spiro atoms. The van der Waals surface area contributed by atoms with Gasteiger partial charge in [-0.2, -0.15) is 5.26 Å². The summed E-state index contributed by atoms with van der Waals surface area (Å²) in [7, 11) is 0. The van der Waals surface area contributed by atoms with Gasteiger partial charge in [-0.25, -0.2) is 0 Å². The van der Waals surface area contributed by atoms with E-state index in [0.29, 0.717) is 24.1 Å². The summed E-state index contributed by atoms with van der Waals surface area (Å²) >= 11 is 0. The fraction of sp³-hybridized carbons (Fsp3) is 0.562. The van der Waals surface area contributed by atoms with Crippen LogP contribution in [0.3, 0.4) is 0 Å². The Morgan fingerprint density at radius 1 is 1.55 bits per heavy atom. The molecule has 1 aromatic rings. The van der Waals surface area contributed by atoms with Crippen molar-refractivity contribution in [2.75, 3.05) is 26.4 Å². The fourth-order valence-corrected chi connectivity index (χ4v) is 2.44. The molecule has 1 aliphatic rings. The van der Waals surface area contributed by atoms with Gasteiger partial charge in [-0.05, 0) is 43.9 Å². The zero-order valence-corrected chi connectivity index (χ0v) is 12.0.